The summed E-state index contributed by atoms with van der Waals surface area (Å²) in [6.07, 6.45) is 5.85. The summed E-state index contributed by atoms with van der Waals surface area (Å²) in [6.45, 7) is 2.32. The molecule has 1 saturated carbocycles. The maximum atomic E-state index is 11.7. The van der Waals surface area contributed by atoms with Crippen molar-refractivity contribution in [2.24, 2.45) is 11.7 Å². The van der Waals surface area contributed by atoms with Crippen LogP contribution in [0.3, 0.4) is 0 Å². The summed E-state index contributed by atoms with van der Waals surface area (Å²) in [6, 6.07) is 0.233. The second-order valence-electron chi connectivity index (χ2n) is 4.66. The first-order valence-electron chi connectivity index (χ1n) is 6.22. The Morgan fingerprint density at radius 3 is 2.47 bits per heavy atom. The SMILES string of the molecule is COC(CN)C(=O)NC(C)C1CCCCC1.Cl. The molecule has 5 heteroatoms. The Bertz CT molecular complexity index is 217. The second-order valence-corrected chi connectivity index (χ2v) is 4.66. The molecule has 0 aromatic carbocycles. The van der Waals surface area contributed by atoms with Gasteiger partial charge in [0, 0.05) is 19.7 Å². The molecule has 17 heavy (non-hydrogen) atoms. The minimum absolute atomic E-state index is 0. The summed E-state index contributed by atoms with van der Waals surface area (Å²) < 4.78 is 5.01. The van der Waals surface area contributed by atoms with Crippen LogP contribution in [0.4, 0.5) is 0 Å². The van der Waals surface area contributed by atoms with Crippen molar-refractivity contribution in [3.8, 4) is 0 Å². The van der Waals surface area contributed by atoms with Crippen molar-refractivity contribution in [3.63, 3.8) is 0 Å². The average Bonchev–Trinajstić information content (AvgIpc) is 2.31. The van der Waals surface area contributed by atoms with Crippen LogP contribution in [0.15, 0.2) is 0 Å². The van der Waals surface area contributed by atoms with Gasteiger partial charge in [0.2, 0.25) is 0 Å². The molecule has 1 amide bonds. The molecule has 4 nitrogen and oxygen atoms in total. The van der Waals surface area contributed by atoms with Crippen molar-refractivity contribution in [1.29, 1.82) is 0 Å². The number of amides is 1. The predicted molar refractivity (Wildman–Crippen MR) is 71.3 cm³/mol. The van der Waals surface area contributed by atoms with E-state index in [1.54, 1.807) is 0 Å². The lowest BCUT2D eigenvalue weighted by Crippen LogP contribution is -2.47. The zero-order valence-electron chi connectivity index (χ0n) is 10.8. The molecule has 1 fully saturated rings. The first-order chi connectivity index (χ1) is 7.69. The first kappa shape index (κ1) is 16.7. The van der Waals surface area contributed by atoms with E-state index in [-0.39, 0.29) is 30.9 Å². The van der Waals surface area contributed by atoms with Crippen LogP contribution in [0.1, 0.15) is 39.0 Å². The van der Waals surface area contributed by atoms with Crippen molar-refractivity contribution in [2.75, 3.05) is 13.7 Å². The molecule has 0 radical (unpaired) electrons. The van der Waals surface area contributed by atoms with E-state index >= 15 is 0 Å². The number of nitrogens with one attached hydrogen (secondary N) is 1. The summed E-state index contributed by atoms with van der Waals surface area (Å²) in [5, 5.41) is 3.01. The van der Waals surface area contributed by atoms with Crippen LogP contribution >= 0.6 is 12.4 Å². The second kappa shape index (κ2) is 8.72. The molecule has 3 N–H and O–H groups in total. The molecule has 0 aromatic rings. The van der Waals surface area contributed by atoms with Gasteiger partial charge in [-0.1, -0.05) is 19.3 Å². The normalized spacial score (nSPS) is 20.2. The Balaban J connectivity index is 0.00000256. The van der Waals surface area contributed by atoms with Gasteiger partial charge in [-0.15, -0.1) is 12.4 Å². The van der Waals surface area contributed by atoms with Gasteiger partial charge in [0.15, 0.2) is 0 Å². The summed E-state index contributed by atoms with van der Waals surface area (Å²) in [5.41, 5.74) is 5.45. The molecule has 1 aliphatic rings. The van der Waals surface area contributed by atoms with E-state index < -0.39 is 6.10 Å². The Labute approximate surface area is 110 Å². The predicted octanol–water partition coefficient (Wildman–Crippen LogP) is 1.47. The molecule has 2 atom stereocenters. The largest absolute Gasteiger partial charge is 0.370 e. The monoisotopic (exact) mass is 264 g/mol. The zero-order chi connectivity index (χ0) is 12.0. The Morgan fingerprint density at radius 2 is 2.00 bits per heavy atom. The smallest absolute Gasteiger partial charge is 0.250 e. The van der Waals surface area contributed by atoms with Crippen molar-refractivity contribution in [2.45, 2.75) is 51.2 Å². The Kier molecular flexibility index (Phi) is 8.56. The van der Waals surface area contributed by atoms with Gasteiger partial charge in [-0.3, -0.25) is 4.79 Å². The molecule has 0 heterocycles. The number of halogens is 1. The molecule has 2 unspecified atom stereocenters. The van der Waals surface area contributed by atoms with Crippen LogP contribution in [0.25, 0.3) is 0 Å². The zero-order valence-corrected chi connectivity index (χ0v) is 11.6. The van der Waals surface area contributed by atoms with E-state index in [2.05, 4.69) is 12.2 Å². The summed E-state index contributed by atoms with van der Waals surface area (Å²) >= 11 is 0. The lowest BCUT2D eigenvalue weighted by atomic mass is 9.84. The highest BCUT2D eigenvalue weighted by Crippen LogP contribution is 2.26. The minimum atomic E-state index is -0.508. The number of hydrogen-bond donors (Lipinski definition) is 2. The quantitative estimate of drug-likeness (QED) is 0.790. The summed E-state index contributed by atoms with van der Waals surface area (Å²) in [4.78, 5) is 11.7. The Morgan fingerprint density at radius 1 is 1.41 bits per heavy atom. The van der Waals surface area contributed by atoms with Crippen molar-refractivity contribution >= 4 is 18.3 Å². The van der Waals surface area contributed by atoms with E-state index in [4.69, 9.17) is 10.5 Å². The van der Waals surface area contributed by atoms with Crippen LogP contribution in [-0.2, 0) is 9.53 Å². The van der Waals surface area contributed by atoms with Gasteiger partial charge in [-0.2, -0.15) is 0 Å². The molecule has 0 aromatic heterocycles. The van der Waals surface area contributed by atoms with Crippen molar-refractivity contribution < 1.29 is 9.53 Å². The molecule has 0 spiro atoms. The Hall–Kier alpha value is -0.320. The van der Waals surface area contributed by atoms with Crippen molar-refractivity contribution in [1.82, 2.24) is 5.32 Å². The third-order valence-electron chi connectivity index (χ3n) is 3.52. The third kappa shape index (κ3) is 5.23. The molecular formula is C12H25ClN2O2. The van der Waals surface area contributed by atoms with Gasteiger partial charge in [-0.25, -0.2) is 0 Å². The molecule has 0 bridgehead atoms. The highest BCUT2D eigenvalue weighted by Gasteiger charge is 2.24. The average molecular weight is 265 g/mol. The lowest BCUT2D eigenvalue weighted by molar-refractivity contribution is -0.131. The molecule has 1 aliphatic carbocycles. The van der Waals surface area contributed by atoms with Gasteiger partial charge < -0.3 is 15.8 Å². The van der Waals surface area contributed by atoms with Crippen LogP contribution in [0, 0.1) is 5.92 Å². The number of carbonyl (C=O) groups excluding carboxylic acids is 1. The number of methoxy groups -OCH3 is 1. The highest BCUT2D eigenvalue weighted by molar-refractivity contribution is 5.85. The number of rotatable bonds is 5. The molecular weight excluding hydrogens is 240 g/mol. The maximum absolute atomic E-state index is 11.7. The fraction of sp³-hybridized carbons (Fsp3) is 0.917. The van der Waals surface area contributed by atoms with Crippen molar-refractivity contribution in [3.05, 3.63) is 0 Å². The summed E-state index contributed by atoms with van der Waals surface area (Å²) in [5.74, 6) is 0.538. The van der Waals surface area contributed by atoms with Gasteiger partial charge >= 0.3 is 0 Å². The number of carbonyl (C=O) groups is 1. The maximum Gasteiger partial charge on any atom is 0.250 e. The molecule has 0 saturated heterocycles. The van der Waals surface area contributed by atoms with Gasteiger partial charge in [0.25, 0.3) is 5.91 Å². The van der Waals surface area contributed by atoms with Crippen LogP contribution in [0.2, 0.25) is 0 Å². The molecule has 0 aliphatic heterocycles. The lowest BCUT2D eigenvalue weighted by Gasteiger charge is -2.29. The van der Waals surface area contributed by atoms with Gasteiger partial charge in [-0.05, 0) is 25.7 Å². The van der Waals surface area contributed by atoms with Crippen LogP contribution in [-0.4, -0.2) is 31.7 Å². The van der Waals surface area contributed by atoms with Gasteiger partial charge in [0.1, 0.15) is 6.10 Å². The fourth-order valence-corrected chi connectivity index (χ4v) is 2.38. The minimum Gasteiger partial charge on any atom is -0.370 e. The van der Waals surface area contributed by atoms with E-state index in [0.717, 1.165) is 0 Å². The first-order valence-corrected chi connectivity index (χ1v) is 6.22. The van der Waals surface area contributed by atoms with E-state index in [0.29, 0.717) is 5.92 Å². The van der Waals surface area contributed by atoms with Crippen LogP contribution in [0.5, 0.6) is 0 Å². The molecule has 102 valence electrons. The van der Waals surface area contributed by atoms with E-state index in [1.807, 2.05) is 0 Å². The van der Waals surface area contributed by atoms with E-state index in [9.17, 15) is 4.79 Å². The summed E-state index contributed by atoms with van der Waals surface area (Å²) in [7, 11) is 1.52. The topological polar surface area (TPSA) is 64.3 Å². The number of ether oxygens (including phenoxy) is 1. The van der Waals surface area contributed by atoms with Gasteiger partial charge in [0.05, 0.1) is 0 Å². The third-order valence-corrected chi connectivity index (χ3v) is 3.52. The highest BCUT2D eigenvalue weighted by atomic mass is 35.5. The standard InChI is InChI=1S/C12H24N2O2.ClH/c1-9(10-6-4-3-5-7-10)14-12(15)11(8-13)16-2;/h9-11H,3-8,13H2,1-2H3,(H,14,15);1H. The fourth-order valence-electron chi connectivity index (χ4n) is 2.38. The number of nitrogens with two attached hydrogens (primary N) is 1. The van der Waals surface area contributed by atoms with Crippen LogP contribution < -0.4 is 11.1 Å². The van der Waals surface area contributed by atoms with E-state index in [1.165, 1.54) is 39.2 Å². The molecule has 1 rings (SSSR count). The number of hydrogen-bond acceptors (Lipinski definition) is 3.